The Kier molecular flexibility index (Phi) is 5.80. The third-order valence-corrected chi connectivity index (χ3v) is 3.20. The first-order chi connectivity index (χ1) is 11.1. The predicted octanol–water partition coefficient (Wildman–Crippen LogP) is 3.15. The van der Waals surface area contributed by atoms with Gasteiger partial charge in [0.05, 0.1) is 25.6 Å². The Labute approximate surface area is 136 Å². The highest BCUT2D eigenvalue weighted by atomic mass is 16.5. The van der Waals surface area contributed by atoms with Crippen molar-refractivity contribution < 1.29 is 14.3 Å². The molecule has 1 N–H and O–H groups in total. The number of pyridine rings is 1. The van der Waals surface area contributed by atoms with Crippen LogP contribution in [0.2, 0.25) is 0 Å². The van der Waals surface area contributed by atoms with E-state index in [4.69, 9.17) is 9.47 Å². The van der Waals surface area contributed by atoms with Crippen LogP contribution in [0.1, 0.15) is 12.5 Å². The molecule has 0 atom stereocenters. The minimum absolute atomic E-state index is 0.203. The molecule has 0 aliphatic rings. The molecule has 23 heavy (non-hydrogen) atoms. The zero-order valence-corrected chi connectivity index (χ0v) is 13.6. The van der Waals surface area contributed by atoms with Gasteiger partial charge in [-0.25, -0.2) is 9.78 Å². The summed E-state index contributed by atoms with van der Waals surface area (Å²) in [5.74, 6) is 1.33. The normalized spacial score (nSPS) is 10.0. The lowest BCUT2D eigenvalue weighted by atomic mass is 10.2. The third-order valence-electron chi connectivity index (χ3n) is 3.20. The average Bonchev–Trinajstić information content (AvgIpc) is 2.57. The maximum atomic E-state index is 12.2. The second kappa shape index (κ2) is 8.03. The first-order valence-electron chi connectivity index (χ1n) is 7.36. The predicted molar refractivity (Wildman–Crippen MR) is 88.9 cm³/mol. The number of benzene rings is 1. The molecule has 0 radical (unpaired) electrons. The minimum atomic E-state index is -0.203. The Balaban J connectivity index is 1.90. The Morgan fingerprint density at radius 1 is 1.22 bits per heavy atom. The molecular formula is C17H21N3O3. The van der Waals surface area contributed by atoms with E-state index in [2.05, 4.69) is 10.3 Å². The summed E-state index contributed by atoms with van der Waals surface area (Å²) < 4.78 is 10.4. The van der Waals surface area contributed by atoms with Gasteiger partial charge in [0.25, 0.3) is 0 Å². The zero-order chi connectivity index (χ0) is 16.7. The van der Waals surface area contributed by atoms with Crippen LogP contribution < -0.4 is 14.8 Å². The monoisotopic (exact) mass is 315 g/mol. The number of ether oxygens (including phenoxy) is 2. The van der Waals surface area contributed by atoms with Gasteiger partial charge in [0.15, 0.2) is 0 Å². The van der Waals surface area contributed by atoms with Gasteiger partial charge in [-0.15, -0.1) is 0 Å². The van der Waals surface area contributed by atoms with Crippen LogP contribution in [0.3, 0.4) is 0 Å². The summed E-state index contributed by atoms with van der Waals surface area (Å²) in [6, 6.07) is 10.9. The van der Waals surface area contributed by atoms with Crippen molar-refractivity contribution in [2.75, 3.05) is 26.1 Å². The Morgan fingerprint density at radius 3 is 2.52 bits per heavy atom. The van der Waals surface area contributed by atoms with Crippen molar-refractivity contribution in [2.45, 2.75) is 13.5 Å². The number of methoxy groups -OCH3 is 1. The van der Waals surface area contributed by atoms with Crippen LogP contribution in [0.4, 0.5) is 10.5 Å². The third kappa shape index (κ3) is 4.88. The van der Waals surface area contributed by atoms with Crippen molar-refractivity contribution in [1.82, 2.24) is 9.88 Å². The van der Waals surface area contributed by atoms with E-state index in [1.54, 1.807) is 37.4 Å². The van der Waals surface area contributed by atoms with Crippen LogP contribution in [0.15, 0.2) is 42.6 Å². The fourth-order valence-corrected chi connectivity index (χ4v) is 2.00. The van der Waals surface area contributed by atoms with Gasteiger partial charge in [0.2, 0.25) is 5.88 Å². The van der Waals surface area contributed by atoms with Gasteiger partial charge in [0, 0.05) is 19.7 Å². The first-order valence-corrected chi connectivity index (χ1v) is 7.36. The summed E-state index contributed by atoms with van der Waals surface area (Å²) in [7, 11) is 3.29. The van der Waals surface area contributed by atoms with E-state index in [0.717, 1.165) is 11.3 Å². The molecule has 0 unspecified atom stereocenters. The lowest BCUT2D eigenvalue weighted by molar-refractivity contribution is 0.220. The van der Waals surface area contributed by atoms with Gasteiger partial charge in [-0.1, -0.05) is 12.1 Å². The van der Waals surface area contributed by atoms with E-state index in [0.29, 0.717) is 24.7 Å². The van der Waals surface area contributed by atoms with Crippen LogP contribution in [0, 0.1) is 0 Å². The van der Waals surface area contributed by atoms with Gasteiger partial charge in [0.1, 0.15) is 5.75 Å². The van der Waals surface area contributed by atoms with Gasteiger partial charge in [-0.2, -0.15) is 0 Å². The van der Waals surface area contributed by atoms with Crippen LogP contribution in [-0.4, -0.2) is 36.7 Å². The highest BCUT2D eigenvalue weighted by molar-refractivity contribution is 5.88. The number of rotatable bonds is 6. The summed E-state index contributed by atoms with van der Waals surface area (Å²) in [6.45, 7) is 3.08. The lowest BCUT2D eigenvalue weighted by Gasteiger charge is -2.18. The molecule has 0 bridgehead atoms. The van der Waals surface area contributed by atoms with Crippen molar-refractivity contribution in [1.29, 1.82) is 0 Å². The molecule has 2 aromatic rings. The number of hydrogen-bond donors (Lipinski definition) is 1. The quantitative estimate of drug-likeness (QED) is 0.889. The lowest BCUT2D eigenvalue weighted by Crippen LogP contribution is -2.30. The van der Waals surface area contributed by atoms with Crippen LogP contribution >= 0.6 is 0 Å². The minimum Gasteiger partial charge on any atom is -0.494 e. The molecule has 0 spiro atoms. The molecule has 0 aliphatic heterocycles. The number of hydrogen-bond acceptors (Lipinski definition) is 4. The van der Waals surface area contributed by atoms with Crippen molar-refractivity contribution in [3.63, 3.8) is 0 Å². The molecule has 1 aromatic carbocycles. The van der Waals surface area contributed by atoms with Gasteiger partial charge >= 0.3 is 6.03 Å². The molecule has 2 amide bonds. The smallest absolute Gasteiger partial charge is 0.321 e. The molecule has 2 rings (SSSR count). The number of carbonyl (C=O) groups is 1. The van der Waals surface area contributed by atoms with Crippen LogP contribution in [0.5, 0.6) is 11.6 Å². The van der Waals surface area contributed by atoms with E-state index in [1.165, 1.54) is 0 Å². The number of urea groups is 1. The number of nitrogens with one attached hydrogen (secondary N) is 1. The summed E-state index contributed by atoms with van der Waals surface area (Å²) in [4.78, 5) is 17.8. The van der Waals surface area contributed by atoms with Crippen molar-refractivity contribution in [2.24, 2.45) is 0 Å². The van der Waals surface area contributed by atoms with E-state index in [9.17, 15) is 4.79 Å². The van der Waals surface area contributed by atoms with E-state index >= 15 is 0 Å². The molecule has 0 aliphatic carbocycles. The Morgan fingerprint density at radius 2 is 1.96 bits per heavy atom. The maximum Gasteiger partial charge on any atom is 0.321 e. The summed E-state index contributed by atoms with van der Waals surface area (Å²) >= 11 is 0. The highest BCUT2D eigenvalue weighted by Crippen LogP contribution is 2.15. The van der Waals surface area contributed by atoms with Crippen molar-refractivity contribution >= 4 is 11.7 Å². The first kappa shape index (κ1) is 16.6. The molecule has 1 heterocycles. The fraction of sp³-hybridized carbons (Fsp3) is 0.294. The summed E-state index contributed by atoms with van der Waals surface area (Å²) in [6.07, 6.45) is 1.56. The average molecular weight is 315 g/mol. The van der Waals surface area contributed by atoms with Crippen LogP contribution in [-0.2, 0) is 6.54 Å². The maximum absolute atomic E-state index is 12.2. The second-order valence-electron chi connectivity index (χ2n) is 4.95. The Hall–Kier alpha value is -2.76. The van der Waals surface area contributed by atoms with Crippen molar-refractivity contribution in [3.05, 3.63) is 48.2 Å². The fourth-order valence-electron chi connectivity index (χ4n) is 2.00. The zero-order valence-electron chi connectivity index (χ0n) is 13.6. The molecule has 6 heteroatoms. The number of nitrogens with zero attached hydrogens (tertiary/aromatic N) is 2. The second-order valence-corrected chi connectivity index (χ2v) is 4.95. The standard InChI is InChI=1S/C17H21N3O3/c1-4-23-15-8-5-13(6-9-15)12-20(2)17(21)19-14-7-10-16(22-3)18-11-14/h5-11H,4,12H2,1-3H3,(H,19,21). The number of amides is 2. The number of aromatic nitrogens is 1. The van der Waals surface area contributed by atoms with Crippen molar-refractivity contribution in [3.8, 4) is 11.6 Å². The van der Waals surface area contributed by atoms with Gasteiger partial charge in [-0.05, 0) is 30.7 Å². The van der Waals surface area contributed by atoms with Gasteiger partial charge in [-0.3, -0.25) is 0 Å². The Bertz CT molecular complexity index is 627. The number of anilines is 1. The van der Waals surface area contributed by atoms with E-state index < -0.39 is 0 Å². The molecular weight excluding hydrogens is 294 g/mol. The molecule has 1 aromatic heterocycles. The molecule has 0 saturated heterocycles. The SMILES string of the molecule is CCOc1ccc(CN(C)C(=O)Nc2ccc(OC)nc2)cc1. The highest BCUT2D eigenvalue weighted by Gasteiger charge is 2.10. The topological polar surface area (TPSA) is 63.7 Å². The summed E-state index contributed by atoms with van der Waals surface area (Å²) in [5.41, 5.74) is 1.65. The van der Waals surface area contributed by atoms with Crippen LogP contribution in [0.25, 0.3) is 0 Å². The summed E-state index contributed by atoms with van der Waals surface area (Å²) in [5, 5.41) is 2.79. The molecule has 0 saturated carbocycles. The van der Waals surface area contributed by atoms with E-state index in [-0.39, 0.29) is 6.03 Å². The molecule has 122 valence electrons. The molecule has 0 fully saturated rings. The van der Waals surface area contributed by atoms with E-state index in [1.807, 2.05) is 31.2 Å². The van der Waals surface area contributed by atoms with Gasteiger partial charge < -0.3 is 19.7 Å². The number of carbonyl (C=O) groups excluding carboxylic acids is 1. The largest absolute Gasteiger partial charge is 0.494 e. The molecule has 6 nitrogen and oxygen atoms in total.